The van der Waals surface area contributed by atoms with Crippen molar-refractivity contribution < 1.29 is 18.0 Å². The minimum Gasteiger partial charge on any atom is -0.306 e. The van der Waals surface area contributed by atoms with E-state index in [-0.39, 0.29) is 11.3 Å². The lowest BCUT2D eigenvalue weighted by molar-refractivity contribution is -0.137. The van der Waals surface area contributed by atoms with Crippen molar-refractivity contribution in [3.05, 3.63) is 71.2 Å². The summed E-state index contributed by atoms with van der Waals surface area (Å²) < 4.78 is 40.0. The van der Waals surface area contributed by atoms with Crippen LogP contribution in [0, 0.1) is 13.8 Å². The van der Waals surface area contributed by atoms with Crippen LogP contribution in [-0.2, 0) is 6.18 Å². The molecular formula is C18H15F3N4O. The Labute approximate surface area is 147 Å². The lowest BCUT2D eigenvalue weighted by Crippen LogP contribution is -2.14. The summed E-state index contributed by atoms with van der Waals surface area (Å²) in [6.07, 6.45) is -3.13. The molecule has 0 atom stereocenters. The number of carbonyl (C=O) groups excluding carboxylic acids is 1. The third-order valence-electron chi connectivity index (χ3n) is 3.80. The van der Waals surface area contributed by atoms with Crippen molar-refractivity contribution in [3.8, 4) is 5.69 Å². The van der Waals surface area contributed by atoms with Crippen molar-refractivity contribution in [1.29, 1.82) is 0 Å². The minimum atomic E-state index is -4.45. The second-order valence-corrected chi connectivity index (χ2v) is 5.72. The SMILES string of the molecule is Cc1cccc(NC(=O)c2cnn(-c3cccc(C(F)(F)F)c3)c2C)n1. The average molecular weight is 360 g/mol. The maximum atomic E-state index is 12.9. The first-order chi connectivity index (χ1) is 12.3. The number of nitrogens with one attached hydrogen (secondary N) is 1. The summed E-state index contributed by atoms with van der Waals surface area (Å²) in [5.74, 6) is -0.0416. The molecule has 3 rings (SSSR count). The van der Waals surface area contributed by atoms with Crippen molar-refractivity contribution in [3.63, 3.8) is 0 Å². The smallest absolute Gasteiger partial charge is 0.306 e. The van der Waals surface area contributed by atoms with E-state index < -0.39 is 17.6 Å². The van der Waals surface area contributed by atoms with Gasteiger partial charge in [-0.15, -0.1) is 0 Å². The summed E-state index contributed by atoms with van der Waals surface area (Å²) >= 11 is 0. The van der Waals surface area contributed by atoms with Gasteiger partial charge in [0.2, 0.25) is 0 Å². The van der Waals surface area contributed by atoms with Gasteiger partial charge in [0.1, 0.15) is 5.82 Å². The molecule has 0 aliphatic heterocycles. The number of aryl methyl sites for hydroxylation is 1. The largest absolute Gasteiger partial charge is 0.416 e. The van der Waals surface area contributed by atoms with Gasteiger partial charge in [0.15, 0.2) is 0 Å². The number of nitrogens with zero attached hydrogens (tertiary/aromatic N) is 3. The number of benzene rings is 1. The number of aromatic nitrogens is 3. The molecule has 0 radical (unpaired) electrons. The van der Waals surface area contributed by atoms with Crippen LogP contribution in [-0.4, -0.2) is 20.7 Å². The van der Waals surface area contributed by atoms with Crippen LogP contribution in [0.3, 0.4) is 0 Å². The van der Waals surface area contributed by atoms with Gasteiger partial charge in [0.25, 0.3) is 5.91 Å². The summed E-state index contributed by atoms with van der Waals surface area (Å²) in [6.45, 7) is 3.42. The second-order valence-electron chi connectivity index (χ2n) is 5.72. The zero-order chi connectivity index (χ0) is 18.9. The Morgan fingerprint density at radius 2 is 1.85 bits per heavy atom. The van der Waals surface area contributed by atoms with Gasteiger partial charge in [-0.1, -0.05) is 12.1 Å². The molecule has 0 saturated heterocycles. The maximum absolute atomic E-state index is 12.9. The highest BCUT2D eigenvalue weighted by molar-refractivity contribution is 6.04. The molecule has 2 aromatic heterocycles. The molecular weight excluding hydrogens is 345 g/mol. The van der Waals surface area contributed by atoms with Crippen LogP contribution in [0.1, 0.15) is 27.3 Å². The molecule has 0 aliphatic carbocycles. The number of rotatable bonds is 3. The highest BCUT2D eigenvalue weighted by Gasteiger charge is 2.30. The molecule has 1 N–H and O–H groups in total. The molecule has 0 spiro atoms. The molecule has 0 unspecified atom stereocenters. The fourth-order valence-electron chi connectivity index (χ4n) is 2.50. The Morgan fingerprint density at radius 3 is 2.54 bits per heavy atom. The van der Waals surface area contributed by atoms with Gasteiger partial charge in [0.05, 0.1) is 28.7 Å². The number of pyridine rings is 1. The van der Waals surface area contributed by atoms with Crippen LogP contribution in [0.15, 0.2) is 48.7 Å². The second kappa shape index (κ2) is 6.62. The zero-order valence-electron chi connectivity index (χ0n) is 14.0. The number of hydrogen-bond acceptors (Lipinski definition) is 3. The highest BCUT2D eigenvalue weighted by Crippen LogP contribution is 2.30. The predicted octanol–water partition coefficient (Wildman–Crippen LogP) is 4.16. The molecule has 5 nitrogen and oxygen atoms in total. The number of anilines is 1. The summed E-state index contributed by atoms with van der Waals surface area (Å²) in [5.41, 5.74) is 0.879. The Bertz CT molecular complexity index is 963. The van der Waals surface area contributed by atoms with Gasteiger partial charge in [-0.2, -0.15) is 18.3 Å². The highest BCUT2D eigenvalue weighted by atomic mass is 19.4. The topological polar surface area (TPSA) is 59.8 Å². The van der Waals surface area contributed by atoms with Gasteiger partial charge in [0, 0.05) is 5.69 Å². The first-order valence-electron chi connectivity index (χ1n) is 7.73. The number of amides is 1. The molecule has 0 fully saturated rings. The number of alkyl halides is 3. The molecule has 134 valence electrons. The third-order valence-corrected chi connectivity index (χ3v) is 3.80. The molecule has 2 heterocycles. The molecule has 1 amide bonds. The number of hydrogen-bond donors (Lipinski definition) is 1. The Kier molecular flexibility index (Phi) is 4.50. The molecule has 0 bridgehead atoms. The monoisotopic (exact) mass is 360 g/mol. The molecule has 3 aromatic rings. The Hall–Kier alpha value is -3.16. The van der Waals surface area contributed by atoms with E-state index in [0.717, 1.165) is 17.8 Å². The predicted molar refractivity (Wildman–Crippen MR) is 90.2 cm³/mol. The van der Waals surface area contributed by atoms with Crippen molar-refractivity contribution >= 4 is 11.7 Å². The molecule has 8 heteroatoms. The van der Waals surface area contributed by atoms with Gasteiger partial charge in [-0.3, -0.25) is 4.79 Å². The quantitative estimate of drug-likeness (QED) is 0.763. The van der Waals surface area contributed by atoms with E-state index in [0.29, 0.717) is 11.5 Å². The molecule has 26 heavy (non-hydrogen) atoms. The van der Waals surface area contributed by atoms with Crippen LogP contribution in [0.5, 0.6) is 0 Å². The van der Waals surface area contributed by atoms with Crippen molar-refractivity contribution in [2.75, 3.05) is 5.32 Å². The lowest BCUT2D eigenvalue weighted by atomic mass is 10.2. The van der Waals surface area contributed by atoms with Crippen molar-refractivity contribution in [2.24, 2.45) is 0 Å². The maximum Gasteiger partial charge on any atom is 0.416 e. The van der Waals surface area contributed by atoms with Crippen LogP contribution in [0.4, 0.5) is 19.0 Å². The van der Waals surface area contributed by atoms with Crippen molar-refractivity contribution in [2.45, 2.75) is 20.0 Å². The zero-order valence-corrected chi connectivity index (χ0v) is 14.0. The summed E-state index contributed by atoms with van der Waals surface area (Å²) in [6, 6.07) is 9.98. The first kappa shape index (κ1) is 17.7. The van der Waals surface area contributed by atoms with E-state index in [1.54, 1.807) is 32.0 Å². The van der Waals surface area contributed by atoms with Gasteiger partial charge >= 0.3 is 6.18 Å². The van der Waals surface area contributed by atoms with Crippen LogP contribution in [0.2, 0.25) is 0 Å². The van der Waals surface area contributed by atoms with E-state index in [2.05, 4.69) is 15.4 Å². The number of halogens is 3. The van der Waals surface area contributed by atoms with E-state index >= 15 is 0 Å². The van der Waals surface area contributed by atoms with Crippen LogP contribution in [0.25, 0.3) is 5.69 Å². The fourth-order valence-corrected chi connectivity index (χ4v) is 2.50. The Balaban J connectivity index is 1.90. The average Bonchev–Trinajstić information content (AvgIpc) is 2.96. The number of carbonyl (C=O) groups is 1. The van der Waals surface area contributed by atoms with E-state index in [1.165, 1.54) is 23.0 Å². The van der Waals surface area contributed by atoms with Gasteiger partial charge in [-0.05, 0) is 44.2 Å². The molecule has 0 aliphatic rings. The van der Waals surface area contributed by atoms with Crippen molar-refractivity contribution in [1.82, 2.24) is 14.8 Å². The standard InChI is InChI=1S/C18H15F3N4O/c1-11-5-3-8-16(23-11)24-17(26)15-10-22-25(12(15)2)14-7-4-6-13(9-14)18(19,20)21/h3-10H,1-2H3,(H,23,24,26). The summed E-state index contributed by atoms with van der Waals surface area (Å²) in [7, 11) is 0. The summed E-state index contributed by atoms with van der Waals surface area (Å²) in [4.78, 5) is 16.6. The fraction of sp³-hybridized carbons (Fsp3) is 0.167. The van der Waals surface area contributed by atoms with Gasteiger partial charge < -0.3 is 5.32 Å². The van der Waals surface area contributed by atoms with Crippen LogP contribution >= 0.6 is 0 Å². The lowest BCUT2D eigenvalue weighted by Gasteiger charge is -2.10. The molecule has 0 saturated carbocycles. The van der Waals surface area contributed by atoms with E-state index in [4.69, 9.17) is 0 Å². The van der Waals surface area contributed by atoms with E-state index in [9.17, 15) is 18.0 Å². The third kappa shape index (κ3) is 3.58. The van der Waals surface area contributed by atoms with E-state index in [1.807, 2.05) is 0 Å². The Morgan fingerprint density at radius 1 is 1.12 bits per heavy atom. The van der Waals surface area contributed by atoms with Gasteiger partial charge in [-0.25, -0.2) is 9.67 Å². The minimum absolute atomic E-state index is 0.227. The molecule has 1 aromatic carbocycles. The van der Waals surface area contributed by atoms with Crippen LogP contribution < -0.4 is 5.32 Å². The normalized spacial score (nSPS) is 11.4. The first-order valence-corrected chi connectivity index (χ1v) is 7.73. The summed E-state index contributed by atoms with van der Waals surface area (Å²) in [5, 5.41) is 6.71.